The van der Waals surface area contributed by atoms with Crippen LogP contribution in [0.15, 0.2) is 30.3 Å². The van der Waals surface area contributed by atoms with Gasteiger partial charge >= 0.3 is 0 Å². The maximum absolute atomic E-state index is 11.8. The van der Waals surface area contributed by atoms with Gasteiger partial charge in [-0.3, -0.25) is 4.79 Å². The molecule has 0 aliphatic carbocycles. The Morgan fingerprint density at radius 1 is 1.19 bits per heavy atom. The summed E-state index contributed by atoms with van der Waals surface area (Å²) in [6.45, 7) is 8.33. The highest BCUT2D eigenvalue weighted by molar-refractivity contribution is 5.78. The highest BCUT2D eigenvalue weighted by Crippen LogP contribution is 2.36. The lowest BCUT2D eigenvalue weighted by atomic mass is 9.78. The number of carbonyl (C=O) groups is 1. The number of aryl methyl sites for hydroxylation is 1. The van der Waals surface area contributed by atoms with Crippen LogP contribution in [0.4, 0.5) is 0 Å². The standard InChI is InChI=1S/C19H28O2/c1-14(20)16-12-17(21-18(13-16)19(2,3)4)11-10-15-8-6-5-7-9-15/h5-9,16-18H,10-13H2,1-4H3/t16-,17+,18+/m0/s1. The molecule has 1 aromatic carbocycles. The number of hydrogen-bond donors (Lipinski definition) is 0. The Morgan fingerprint density at radius 2 is 1.86 bits per heavy atom. The fourth-order valence-corrected chi connectivity index (χ4v) is 3.06. The summed E-state index contributed by atoms with van der Waals surface area (Å²) in [5, 5.41) is 0. The first kappa shape index (κ1) is 16.2. The van der Waals surface area contributed by atoms with E-state index in [0.717, 1.165) is 25.7 Å². The molecule has 0 saturated carbocycles. The molecular weight excluding hydrogens is 260 g/mol. The molecule has 2 rings (SSSR count). The maximum Gasteiger partial charge on any atom is 0.133 e. The molecule has 0 unspecified atom stereocenters. The van der Waals surface area contributed by atoms with E-state index < -0.39 is 0 Å². The van der Waals surface area contributed by atoms with Gasteiger partial charge in [0.15, 0.2) is 0 Å². The number of carbonyl (C=O) groups excluding carboxylic acids is 1. The van der Waals surface area contributed by atoms with Crippen LogP contribution in [0.2, 0.25) is 0 Å². The summed E-state index contributed by atoms with van der Waals surface area (Å²) < 4.78 is 6.30. The zero-order chi connectivity index (χ0) is 15.5. The van der Waals surface area contributed by atoms with Crippen LogP contribution in [0.5, 0.6) is 0 Å². The Hall–Kier alpha value is -1.15. The monoisotopic (exact) mass is 288 g/mol. The number of rotatable bonds is 4. The van der Waals surface area contributed by atoms with Crippen LogP contribution in [0.25, 0.3) is 0 Å². The van der Waals surface area contributed by atoms with E-state index in [0.29, 0.717) is 5.78 Å². The second-order valence-electron chi connectivity index (χ2n) is 7.42. The van der Waals surface area contributed by atoms with E-state index in [1.54, 1.807) is 6.92 Å². The highest BCUT2D eigenvalue weighted by Gasteiger charge is 2.37. The normalized spacial score (nSPS) is 26.6. The molecule has 1 saturated heterocycles. The van der Waals surface area contributed by atoms with Crippen LogP contribution in [-0.4, -0.2) is 18.0 Å². The number of Topliss-reactive ketones (excluding diaryl/α,β-unsaturated/α-hetero) is 1. The molecule has 0 spiro atoms. The molecule has 1 aliphatic rings. The zero-order valence-electron chi connectivity index (χ0n) is 13.8. The topological polar surface area (TPSA) is 26.3 Å². The van der Waals surface area contributed by atoms with Crippen LogP contribution < -0.4 is 0 Å². The van der Waals surface area contributed by atoms with Crippen molar-refractivity contribution in [3.05, 3.63) is 35.9 Å². The molecular formula is C19H28O2. The van der Waals surface area contributed by atoms with E-state index in [1.807, 2.05) is 6.07 Å². The predicted octanol–water partition coefficient (Wildman–Crippen LogP) is 4.42. The average molecular weight is 288 g/mol. The average Bonchev–Trinajstić information content (AvgIpc) is 2.45. The van der Waals surface area contributed by atoms with E-state index in [-0.39, 0.29) is 23.5 Å². The van der Waals surface area contributed by atoms with Gasteiger partial charge in [-0.1, -0.05) is 51.1 Å². The van der Waals surface area contributed by atoms with Crippen molar-refractivity contribution in [2.75, 3.05) is 0 Å². The lowest BCUT2D eigenvalue weighted by molar-refractivity contribution is -0.141. The minimum atomic E-state index is 0.0963. The van der Waals surface area contributed by atoms with Gasteiger partial charge in [0.25, 0.3) is 0 Å². The highest BCUT2D eigenvalue weighted by atomic mass is 16.5. The second-order valence-corrected chi connectivity index (χ2v) is 7.42. The molecule has 0 N–H and O–H groups in total. The molecule has 21 heavy (non-hydrogen) atoms. The van der Waals surface area contributed by atoms with Gasteiger partial charge in [0, 0.05) is 5.92 Å². The zero-order valence-corrected chi connectivity index (χ0v) is 13.8. The SMILES string of the molecule is CC(=O)[C@H]1C[C@@H](CCc2ccccc2)O[C@@H](C(C)(C)C)C1. The summed E-state index contributed by atoms with van der Waals surface area (Å²) >= 11 is 0. The fourth-order valence-electron chi connectivity index (χ4n) is 3.06. The van der Waals surface area contributed by atoms with Gasteiger partial charge in [-0.2, -0.15) is 0 Å². The minimum Gasteiger partial charge on any atom is -0.374 e. The Labute approximate surface area is 128 Å². The fraction of sp³-hybridized carbons (Fsp3) is 0.632. The predicted molar refractivity (Wildman–Crippen MR) is 86.3 cm³/mol. The van der Waals surface area contributed by atoms with E-state index >= 15 is 0 Å². The van der Waals surface area contributed by atoms with Crippen LogP contribution in [0.3, 0.4) is 0 Å². The smallest absolute Gasteiger partial charge is 0.133 e. The third kappa shape index (κ3) is 4.67. The van der Waals surface area contributed by atoms with Crippen molar-refractivity contribution >= 4 is 5.78 Å². The first-order chi connectivity index (χ1) is 9.86. The summed E-state index contributed by atoms with van der Waals surface area (Å²) in [5.74, 6) is 0.487. The van der Waals surface area contributed by atoms with Crippen molar-refractivity contribution in [3.8, 4) is 0 Å². The molecule has 0 aromatic heterocycles. The van der Waals surface area contributed by atoms with Crippen LogP contribution >= 0.6 is 0 Å². The molecule has 1 fully saturated rings. The summed E-state index contributed by atoms with van der Waals surface area (Å²) in [5.41, 5.74) is 1.44. The first-order valence-corrected chi connectivity index (χ1v) is 8.06. The van der Waals surface area contributed by atoms with Gasteiger partial charge in [-0.25, -0.2) is 0 Å². The lowest BCUT2D eigenvalue weighted by Gasteiger charge is -2.41. The molecule has 0 amide bonds. The summed E-state index contributed by atoms with van der Waals surface area (Å²) in [6, 6.07) is 10.5. The van der Waals surface area contributed by atoms with E-state index in [4.69, 9.17) is 4.74 Å². The van der Waals surface area contributed by atoms with E-state index in [1.165, 1.54) is 5.56 Å². The van der Waals surface area contributed by atoms with Gasteiger partial charge in [0.05, 0.1) is 12.2 Å². The molecule has 0 bridgehead atoms. The summed E-state index contributed by atoms with van der Waals surface area (Å²) in [7, 11) is 0. The number of ketones is 1. The maximum atomic E-state index is 11.8. The van der Waals surface area contributed by atoms with Crippen molar-refractivity contribution in [1.82, 2.24) is 0 Å². The molecule has 2 heteroatoms. The second kappa shape index (κ2) is 6.74. The Kier molecular flexibility index (Phi) is 5.21. The summed E-state index contributed by atoms with van der Waals surface area (Å²) in [4.78, 5) is 11.8. The number of benzene rings is 1. The number of ether oxygens (including phenoxy) is 1. The van der Waals surface area contributed by atoms with Crippen LogP contribution in [0.1, 0.15) is 52.5 Å². The molecule has 3 atom stereocenters. The van der Waals surface area contributed by atoms with Gasteiger partial charge in [0.1, 0.15) is 5.78 Å². The van der Waals surface area contributed by atoms with E-state index in [9.17, 15) is 4.79 Å². The van der Waals surface area contributed by atoms with Crippen molar-refractivity contribution in [1.29, 1.82) is 0 Å². The van der Waals surface area contributed by atoms with Gasteiger partial charge < -0.3 is 4.74 Å². The summed E-state index contributed by atoms with van der Waals surface area (Å²) in [6.07, 6.45) is 4.17. The van der Waals surface area contributed by atoms with E-state index in [2.05, 4.69) is 45.0 Å². The van der Waals surface area contributed by atoms with Crippen LogP contribution in [-0.2, 0) is 16.0 Å². The van der Waals surface area contributed by atoms with Gasteiger partial charge in [-0.15, -0.1) is 0 Å². The van der Waals surface area contributed by atoms with Crippen LogP contribution in [0, 0.1) is 11.3 Å². The van der Waals surface area contributed by atoms with Crippen molar-refractivity contribution in [2.24, 2.45) is 11.3 Å². The lowest BCUT2D eigenvalue weighted by Crippen LogP contribution is -2.42. The number of hydrogen-bond acceptors (Lipinski definition) is 2. The Balaban J connectivity index is 1.99. The third-order valence-electron chi connectivity index (χ3n) is 4.54. The minimum absolute atomic E-state index is 0.0963. The van der Waals surface area contributed by atoms with Crippen molar-refractivity contribution in [3.63, 3.8) is 0 Å². The molecule has 2 nitrogen and oxygen atoms in total. The molecule has 1 heterocycles. The molecule has 116 valence electrons. The van der Waals surface area contributed by atoms with Crippen molar-refractivity contribution < 1.29 is 9.53 Å². The van der Waals surface area contributed by atoms with Crippen molar-refractivity contribution in [2.45, 2.75) is 65.6 Å². The molecule has 1 aromatic rings. The first-order valence-electron chi connectivity index (χ1n) is 8.06. The quantitative estimate of drug-likeness (QED) is 0.820. The van der Waals surface area contributed by atoms with Gasteiger partial charge in [0.2, 0.25) is 0 Å². The third-order valence-corrected chi connectivity index (χ3v) is 4.54. The Bertz CT molecular complexity index is 458. The largest absolute Gasteiger partial charge is 0.374 e. The molecule has 0 radical (unpaired) electrons. The van der Waals surface area contributed by atoms with Gasteiger partial charge in [-0.05, 0) is 43.6 Å². The Morgan fingerprint density at radius 3 is 2.43 bits per heavy atom. The molecule has 1 aliphatic heterocycles.